The molecule has 4 heteroatoms. The van der Waals surface area contributed by atoms with Crippen molar-refractivity contribution >= 4 is 17.6 Å². The van der Waals surface area contributed by atoms with Crippen LogP contribution in [0.2, 0.25) is 0 Å². The monoisotopic (exact) mass is 309 g/mol. The SMILES string of the molecule is Cc1cc(C)cc(OC(=O)[C@@H]2CC(=O)N(c3ccccc3)C2)c1. The highest BCUT2D eigenvalue weighted by atomic mass is 16.5. The van der Waals surface area contributed by atoms with Crippen molar-refractivity contribution in [3.63, 3.8) is 0 Å². The average molecular weight is 309 g/mol. The topological polar surface area (TPSA) is 46.6 Å². The fourth-order valence-electron chi connectivity index (χ4n) is 2.91. The Morgan fingerprint density at radius 2 is 1.74 bits per heavy atom. The van der Waals surface area contributed by atoms with Crippen LogP contribution in [0, 0.1) is 19.8 Å². The second-order valence-electron chi connectivity index (χ2n) is 5.99. The molecule has 1 amide bonds. The number of benzene rings is 2. The van der Waals surface area contributed by atoms with E-state index in [0.29, 0.717) is 12.3 Å². The van der Waals surface area contributed by atoms with Crippen LogP contribution in [0.15, 0.2) is 48.5 Å². The first kappa shape index (κ1) is 15.3. The maximum Gasteiger partial charge on any atom is 0.316 e. The zero-order valence-electron chi connectivity index (χ0n) is 13.3. The zero-order chi connectivity index (χ0) is 16.4. The minimum absolute atomic E-state index is 0.0430. The first-order chi connectivity index (χ1) is 11.0. The molecular weight excluding hydrogens is 290 g/mol. The zero-order valence-corrected chi connectivity index (χ0v) is 13.3. The number of amides is 1. The summed E-state index contributed by atoms with van der Waals surface area (Å²) >= 11 is 0. The van der Waals surface area contributed by atoms with Crippen LogP contribution >= 0.6 is 0 Å². The third kappa shape index (κ3) is 3.42. The van der Waals surface area contributed by atoms with Gasteiger partial charge in [0.25, 0.3) is 0 Å². The van der Waals surface area contributed by atoms with E-state index in [1.165, 1.54) is 0 Å². The Kier molecular flexibility index (Phi) is 4.15. The summed E-state index contributed by atoms with van der Waals surface area (Å²) in [6.45, 7) is 4.29. The highest BCUT2D eigenvalue weighted by molar-refractivity contribution is 5.99. The Balaban J connectivity index is 1.70. The molecule has 0 aliphatic carbocycles. The summed E-state index contributed by atoms with van der Waals surface area (Å²) in [7, 11) is 0. The van der Waals surface area contributed by atoms with E-state index in [0.717, 1.165) is 16.8 Å². The maximum atomic E-state index is 12.4. The van der Waals surface area contributed by atoms with E-state index in [1.54, 1.807) is 4.90 Å². The fraction of sp³-hybridized carbons (Fsp3) is 0.263. The molecule has 1 aliphatic heterocycles. The van der Waals surface area contributed by atoms with Gasteiger partial charge in [0.1, 0.15) is 5.75 Å². The molecule has 1 aliphatic rings. The van der Waals surface area contributed by atoms with Crippen molar-refractivity contribution in [3.05, 3.63) is 59.7 Å². The predicted molar refractivity (Wildman–Crippen MR) is 88.5 cm³/mol. The standard InChI is InChI=1S/C19H19NO3/c1-13-8-14(2)10-17(9-13)23-19(22)15-11-18(21)20(12-15)16-6-4-3-5-7-16/h3-10,15H,11-12H2,1-2H3/t15-/m1/s1. The molecule has 2 aromatic rings. The Hall–Kier alpha value is -2.62. The summed E-state index contributed by atoms with van der Waals surface area (Å²) in [5, 5.41) is 0. The van der Waals surface area contributed by atoms with E-state index in [4.69, 9.17) is 4.74 Å². The van der Waals surface area contributed by atoms with Gasteiger partial charge in [-0.1, -0.05) is 24.3 Å². The van der Waals surface area contributed by atoms with Crippen LogP contribution in [-0.2, 0) is 9.59 Å². The van der Waals surface area contributed by atoms with Gasteiger partial charge in [-0.25, -0.2) is 0 Å². The average Bonchev–Trinajstić information content (AvgIpc) is 2.89. The van der Waals surface area contributed by atoms with E-state index < -0.39 is 5.92 Å². The number of rotatable bonds is 3. The van der Waals surface area contributed by atoms with E-state index in [9.17, 15) is 9.59 Å². The Bertz CT molecular complexity index is 719. The largest absolute Gasteiger partial charge is 0.426 e. The number of aryl methyl sites for hydroxylation is 2. The normalized spacial score (nSPS) is 17.4. The lowest BCUT2D eigenvalue weighted by Crippen LogP contribution is -2.27. The van der Waals surface area contributed by atoms with Gasteiger partial charge in [-0.2, -0.15) is 0 Å². The smallest absolute Gasteiger partial charge is 0.316 e. The van der Waals surface area contributed by atoms with Crippen molar-refractivity contribution in [2.75, 3.05) is 11.4 Å². The van der Waals surface area contributed by atoms with Gasteiger partial charge in [0.15, 0.2) is 0 Å². The van der Waals surface area contributed by atoms with Crippen molar-refractivity contribution in [1.82, 2.24) is 0 Å². The van der Waals surface area contributed by atoms with Crippen LogP contribution in [0.4, 0.5) is 5.69 Å². The first-order valence-electron chi connectivity index (χ1n) is 7.68. The van der Waals surface area contributed by atoms with E-state index >= 15 is 0 Å². The van der Waals surface area contributed by atoms with Crippen LogP contribution in [0.25, 0.3) is 0 Å². The Morgan fingerprint density at radius 1 is 1.09 bits per heavy atom. The number of ether oxygens (including phenoxy) is 1. The number of esters is 1. The van der Waals surface area contributed by atoms with Gasteiger partial charge in [-0.3, -0.25) is 9.59 Å². The molecule has 0 bridgehead atoms. The lowest BCUT2D eigenvalue weighted by atomic mass is 10.1. The molecule has 0 radical (unpaired) electrons. The third-order valence-corrected chi connectivity index (χ3v) is 3.94. The molecule has 2 aromatic carbocycles. The highest BCUT2D eigenvalue weighted by Crippen LogP contribution is 2.26. The van der Waals surface area contributed by atoms with Crippen molar-refractivity contribution in [1.29, 1.82) is 0 Å². The van der Waals surface area contributed by atoms with Gasteiger partial charge in [0.05, 0.1) is 5.92 Å². The molecule has 3 rings (SSSR count). The third-order valence-electron chi connectivity index (χ3n) is 3.94. The van der Waals surface area contributed by atoms with Crippen LogP contribution in [-0.4, -0.2) is 18.4 Å². The molecule has 0 N–H and O–H groups in total. The maximum absolute atomic E-state index is 12.4. The highest BCUT2D eigenvalue weighted by Gasteiger charge is 2.36. The molecule has 0 spiro atoms. The number of hydrogen-bond donors (Lipinski definition) is 0. The van der Waals surface area contributed by atoms with Crippen molar-refractivity contribution < 1.29 is 14.3 Å². The summed E-state index contributed by atoms with van der Waals surface area (Å²) in [6, 6.07) is 15.1. The molecular formula is C19H19NO3. The summed E-state index contributed by atoms with van der Waals surface area (Å²) in [6.07, 6.45) is 0.193. The lowest BCUT2D eigenvalue weighted by Gasteiger charge is -2.16. The van der Waals surface area contributed by atoms with Crippen molar-refractivity contribution in [2.45, 2.75) is 20.3 Å². The summed E-state index contributed by atoms with van der Waals surface area (Å²) in [4.78, 5) is 26.2. The van der Waals surface area contributed by atoms with Crippen LogP contribution in [0.3, 0.4) is 0 Å². The van der Waals surface area contributed by atoms with E-state index in [2.05, 4.69) is 0 Å². The minimum atomic E-state index is -0.427. The number of hydrogen-bond acceptors (Lipinski definition) is 3. The molecule has 23 heavy (non-hydrogen) atoms. The lowest BCUT2D eigenvalue weighted by molar-refractivity contribution is -0.139. The fourth-order valence-corrected chi connectivity index (χ4v) is 2.91. The summed E-state index contributed by atoms with van der Waals surface area (Å²) < 4.78 is 5.47. The van der Waals surface area contributed by atoms with Crippen LogP contribution < -0.4 is 9.64 Å². The van der Waals surface area contributed by atoms with Crippen molar-refractivity contribution in [2.24, 2.45) is 5.92 Å². The van der Waals surface area contributed by atoms with E-state index in [-0.39, 0.29) is 18.3 Å². The molecule has 1 saturated heterocycles. The second kappa shape index (κ2) is 6.24. The number of carbonyl (C=O) groups is 2. The second-order valence-corrected chi connectivity index (χ2v) is 5.99. The van der Waals surface area contributed by atoms with Gasteiger partial charge in [0, 0.05) is 18.7 Å². The summed E-state index contributed by atoms with van der Waals surface area (Å²) in [5.74, 6) is -0.276. The predicted octanol–water partition coefficient (Wildman–Crippen LogP) is 3.26. The molecule has 1 heterocycles. The molecule has 1 atom stereocenters. The van der Waals surface area contributed by atoms with Gasteiger partial charge in [-0.05, 0) is 49.2 Å². The molecule has 4 nitrogen and oxygen atoms in total. The quantitative estimate of drug-likeness (QED) is 0.646. The van der Waals surface area contributed by atoms with Crippen LogP contribution in [0.5, 0.6) is 5.75 Å². The van der Waals surface area contributed by atoms with E-state index in [1.807, 2.05) is 62.4 Å². The summed E-state index contributed by atoms with van der Waals surface area (Å²) in [5.41, 5.74) is 2.90. The molecule has 118 valence electrons. The van der Waals surface area contributed by atoms with Gasteiger partial charge >= 0.3 is 5.97 Å². The molecule has 0 aromatic heterocycles. The van der Waals surface area contributed by atoms with Gasteiger partial charge < -0.3 is 9.64 Å². The molecule has 0 saturated carbocycles. The number of nitrogens with zero attached hydrogens (tertiary/aromatic N) is 1. The van der Waals surface area contributed by atoms with Gasteiger partial charge in [0.2, 0.25) is 5.91 Å². The number of para-hydroxylation sites is 1. The molecule has 1 fully saturated rings. The first-order valence-corrected chi connectivity index (χ1v) is 7.68. The van der Waals surface area contributed by atoms with Crippen molar-refractivity contribution in [3.8, 4) is 5.75 Å². The van der Waals surface area contributed by atoms with Crippen LogP contribution in [0.1, 0.15) is 17.5 Å². The number of carbonyl (C=O) groups excluding carboxylic acids is 2. The Morgan fingerprint density at radius 3 is 2.39 bits per heavy atom. The Labute approximate surface area is 135 Å². The number of anilines is 1. The molecule has 0 unspecified atom stereocenters. The minimum Gasteiger partial charge on any atom is -0.426 e. The van der Waals surface area contributed by atoms with Gasteiger partial charge in [-0.15, -0.1) is 0 Å².